The average molecular weight is 429 g/mol. The molecule has 2 N–H and O–H groups in total. The van der Waals surface area contributed by atoms with Crippen LogP contribution in [0.15, 0.2) is 36.4 Å². The number of nitrogens with zero attached hydrogens (tertiary/aromatic N) is 1. The largest absolute Gasteiger partial charge is 0.482 e. The summed E-state index contributed by atoms with van der Waals surface area (Å²) >= 11 is 5.88. The van der Waals surface area contributed by atoms with Crippen molar-refractivity contribution < 1.29 is 27.8 Å². The van der Waals surface area contributed by atoms with Crippen molar-refractivity contribution in [1.29, 1.82) is 0 Å². The number of pyridine rings is 1. The van der Waals surface area contributed by atoms with Gasteiger partial charge in [-0.25, -0.2) is 4.98 Å². The number of benzene rings is 1. The number of hydrogen-bond acceptors (Lipinski definition) is 4. The van der Waals surface area contributed by atoms with Gasteiger partial charge in [0.2, 0.25) is 0 Å². The average Bonchev–Trinajstić information content (AvgIpc) is 2.68. The molecule has 1 heterocycles. The summed E-state index contributed by atoms with van der Waals surface area (Å²) in [5, 5.41) is 13.2. The standard InChI is InChI=1S/C20H20ClF3N2O3/c21-13-7-5-12(6-8-13)18-17(29-11-20(22,23)24)10-9-15(25-18)19(28)26-14-3-1-2-4-16(14)27/h5-10,14,16,27H,1-4,11H2,(H,26,28)/t14-,16-/m1/s1. The van der Waals surface area contributed by atoms with Crippen molar-refractivity contribution in [3.63, 3.8) is 0 Å². The zero-order valence-electron chi connectivity index (χ0n) is 15.4. The number of hydrogen-bond donors (Lipinski definition) is 2. The lowest BCUT2D eigenvalue weighted by Crippen LogP contribution is -2.45. The molecule has 0 unspecified atom stereocenters. The number of alkyl halides is 3. The number of aliphatic hydroxyl groups is 1. The van der Waals surface area contributed by atoms with Gasteiger partial charge >= 0.3 is 6.18 Å². The fourth-order valence-electron chi connectivity index (χ4n) is 3.19. The van der Waals surface area contributed by atoms with Gasteiger partial charge in [-0.15, -0.1) is 0 Å². The molecule has 0 saturated heterocycles. The highest BCUT2D eigenvalue weighted by atomic mass is 35.5. The number of rotatable bonds is 5. The molecule has 1 amide bonds. The topological polar surface area (TPSA) is 71.5 Å². The molecule has 29 heavy (non-hydrogen) atoms. The highest BCUT2D eigenvalue weighted by molar-refractivity contribution is 6.30. The van der Waals surface area contributed by atoms with E-state index in [2.05, 4.69) is 10.3 Å². The number of carbonyl (C=O) groups is 1. The van der Waals surface area contributed by atoms with Gasteiger partial charge < -0.3 is 15.2 Å². The minimum absolute atomic E-state index is 0.0204. The molecule has 0 aliphatic heterocycles. The fourth-order valence-corrected chi connectivity index (χ4v) is 3.31. The Kier molecular flexibility index (Phi) is 6.64. The van der Waals surface area contributed by atoms with Crippen molar-refractivity contribution >= 4 is 17.5 Å². The molecule has 9 heteroatoms. The first kappa shape index (κ1) is 21.4. The first-order chi connectivity index (χ1) is 13.7. The second-order valence-corrected chi connectivity index (χ2v) is 7.32. The van der Waals surface area contributed by atoms with Crippen LogP contribution in [0.25, 0.3) is 11.3 Å². The molecule has 0 radical (unpaired) electrons. The number of nitrogens with one attached hydrogen (secondary N) is 1. The molecule has 1 aliphatic rings. The van der Waals surface area contributed by atoms with Crippen LogP contribution in [0.2, 0.25) is 5.02 Å². The lowest BCUT2D eigenvalue weighted by molar-refractivity contribution is -0.153. The van der Waals surface area contributed by atoms with Crippen molar-refractivity contribution in [2.75, 3.05) is 6.61 Å². The second-order valence-electron chi connectivity index (χ2n) is 6.89. The highest BCUT2D eigenvalue weighted by Gasteiger charge is 2.30. The molecule has 0 spiro atoms. The Morgan fingerprint density at radius 1 is 1.17 bits per heavy atom. The summed E-state index contributed by atoms with van der Waals surface area (Å²) in [5.74, 6) is -0.604. The Morgan fingerprint density at radius 2 is 1.86 bits per heavy atom. The smallest absolute Gasteiger partial charge is 0.422 e. The predicted molar refractivity (Wildman–Crippen MR) is 102 cm³/mol. The van der Waals surface area contributed by atoms with E-state index in [1.165, 1.54) is 12.1 Å². The summed E-state index contributed by atoms with van der Waals surface area (Å²) in [4.78, 5) is 16.8. The summed E-state index contributed by atoms with van der Waals surface area (Å²) in [6, 6.07) is 8.51. The quantitative estimate of drug-likeness (QED) is 0.741. The number of aliphatic hydroxyl groups excluding tert-OH is 1. The normalized spacial score (nSPS) is 19.6. The highest BCUT2D eigenvalue weighted by Crippen LogP contribution is 2.31. The Bertz CT molecular complexity index is 859. The van der Waals surface area contributed by atoms with E-state index in [4.69, 9.17) is 16.3 Å². The van der Waals surface area contributed by atoms with Crippen molar-refractivity contribution in [3.05, 3.63) is 47.1 Å². The molecule has 1 fully saturated rings. The first-order valence-corrected chi connectivity index (χ1v) is 9.56. The van der Waals surface area contributed by atoms with Gasteiger partial charge in [-0.1, -0.05) is 36.6 Å². The molecule has 5 nitrogen and oxygen atoms in total. The van der Waals surface area contributed by atoms with Crippen LogP contribution in [0.4, 0.5) is 13.2 Å². The van der Waals surface area contributed by atoms with E-state index in [0.717, 1.165) is 12.8 Å². The number of aromatic nitrogens is 1. The van der Waals surface area contributed by atoms with Gasteiger partial charge in [0.1, 0.15) is 17.1 Å². The molecule has 1 saturated carbocycles. The van der Waals surface area contributed by atoms with Crippen LogP contribution in [0, 0.1) is 0 Å². The van der Waals surface area contributed by atoms with Crippen LogP contribution >= 0.6 is 11.6 Å². The molecule has 1 aliphatic carbocycles. The third-order valence-corrected chi connectivity index (χ3v) is 4.90. The maximum absolute atomic E-state index is 12.6. The minimum atomic E-state index is -4.51. The third kappa shape index (κ3) is 5.83. The molecule has 3 rings (SSSR count). The van der Waals surface area contributed by atoms with E-state index < -0.39 is 24.8 Å². The maximum atomic E-state index is 12.6. The van der Waals surface area contributed by atoms with Gasteiger partial charge in [-0.05, 0) is 37.1 Å². The summed E-state index contributed by atoms with van der Waals surface area (Å²) < 4.78 is 42.6. The summed E-state index contributed by atoms with van der Waals surface area (Å²) in [6.45, 7) is -1.48. The molecular formula is C20H20ClF3N2O3. The second kappa shape index (κ2) is 9.00. The summed E-state index contributed by atoms with van der Waals surface area (Å²) in [7, 11) is 0. The maximum Gasteiger partial charge on any atom is 0.422 e. The molecule has 1 aromatic heterocycles. The third-order valence-electron chi connectivity index (χ3n) is 4.65. The summed E-state index contributed by atoms with van der Waals surface area (Å²) in [6.07, 6.45) is -2.07. The zero-order chi connectivity index (χ0) is 21.0. The number of amides is 1. The van der Waals surface area contributed by atoms with E-state index in [0.29, 0.717) is 23.4 Å². The van der Waals surface area contributed by atoms with Gasteiger partial charge in [0.15, 0.2) is 6.61 Å². The van der Waals surface area contributed by atoms with E-state index in [9.17, 15) is 23.1 Å². The Labute approximate surface area is 170 Å². The molecule has 0 bridgehead atoms. The van der Waals surface area contributed by atoms with Crippen molar-refractivity contribution in [3.8, 4) is 17.0 Å². The van der Waals surface area contributed by atoms with Gasteiger partial charge in [-0.3, -0.25) is 4.79 Å². The molecule has 1 aromatic carbocycles. The van der Waals surface area contributed by atoms with Gasteiger partial charge in [0.25, 0.3) is 5.91 Å². The van der Waals surface area contributed by atoms with Crippen LogP contribution < -0.4 is 10.1 Å². The summed E-state index contributed by atoms with van der Waals surface area (Å²) in [5.41, 5.74) is 0.578. The number of carbonyl (C=O) groups excluding carboxylic acids is 1. The van der Waals surface area contributed by atoms with Crippen LogP contribution in [0.5, 0.6) is 5.75 Å². The van der Waals surface area contributed by atoms with Crippen molar-refractivity contribution in [2.24, 2.45) is 0 Å². The Morgan fingerprint density at radius 3 is 2.52 bits per heavy atom. The van der Waals surface area contributed by atoms with E-state index in [1.807, 2.05) is 0 Å². The van der Waals surface area contributed by atoms with Crippen LogP contribution in [0.3, 0.4) is 0 Å². The molecule has 2 aromatic rings. The molecule has 2 atom stereocenters. The van der Waals surface area contributed by atoms with E-state index in [1.54, 1.807) is 24.3 Å². The van der Waals surface area contributed by atoms with Crippen molar-refractivity contribution in [2.45, 2.75) is 44.0 Å². The van der Waals surface area contributed by atoms with Crippen LogP contribution in [-0.2, 0) is 0 Å². The lowest BCUT2D eigenvalue weighted by Gasteiger charge is -2.28. The minimum Gasteiger partial charge on any atom is -0.482 e. The van der Waals surface area contributed by atoms with Crippen LogP contribution in [0.1, 0.15) is 36.2 Å². The van der Waals surface area contributed by atoms with Gasteiger partial charge in [-0.2, -0.15) is 13.2 Å². The zero-order valence-corrected chi connectivity index (χ0v) is 16.1. The van der Waals surface area contributed by atoms with Gasteiger partial charge in [0, 0.05) is 10.6 Å². The first-order valence-electron chi connectivity index (χ1n) is 9.18. The SMILES string of the molecule is O=C(N[C@@H]1CCCC[C@H]1O)c1ccc(OCC(F)(F)F)c(-c2ccc(Cl)cc2)n1. The monoisotopic (exact) mass is 428 g/mol. The molecule has 156 valence electrons. The van der Waals surface area contributed by atoms with Crippen molar-refractivity contribution in [1.82, 2.24) is 10.3 Å². The van der Waals surface area contributed by atoms with E-state index >= 15 is 0 Å². The number of ether oxygens (including phenoxy) is 1. The predicted octanol–water partition coefficient (Wildman–Crippen LogP) is 4.38. The van der Waals surface area contributed by atoms with Gasteiger partial charge in [0.05, 0.1) is 12.1 Å². The Balaban J connectivity index is 1.87. The Hall–Kier alpha value is -2.32. The van der Waals surface area contributed by atoms with E-state index in [-0.39, 0.29) is 23.2 Å². The fraction of sp³-hybridized carbons (Fsp3) is 0.400. The lowest BCUT2D eigenvalue weighted by atomic mass is 9.92. The van der Waals surface area contributed by atoms with Crippen LogP contribution in [-0.4, -0.2) is 40.9 Å². The molecular weight excluding hydrogens is 409 g/mol. The number of halogens is 4.